The van der Waals surface area contributed by atoms with Crippen molar-refractivity contribution in [3.63, 3.8) is 0 Å². The summed E-state index contributed by atoms with van der Waals surface area (Å²) >= 11 is 0. The Bertz CT molecular complexity index is 475. The Morgan fingerprint density at radius 2 is 2.29 bits per heavy atom. The highest BCUT2D eigenvalue weighted by Crippen LogP contribution is 2.31. The lowest BCUT2D eigenvalue weighted by Gasteiger charge is -2.32. The maximum Gasteiger partial charge on any atom is 0.260 e. The Morgan fingerprint density at radius 1 is 1.59 bits per heavy atom. The van der Waals surface area contributed by atoms with E-state index in [4.69, 9.17) is 0 Å². The van der Waals surface area contributed by atoms with Crippen LogP contribution in [-0.2, 0) is 10.0 Å². The quantitative estimate of drug-likeness (QED) is 0.819. The molecule has 1 aliphatic heterocycles. The fourth-order valence-corrected chi connectivity index (χ4v) is 3.96. The van der Waals surface area contributed by atoms with Crippen molar-refractivity contribution in [2.24, 2.45) is 0 Å². The molecule has 2 heterocycles. The summed E-state index contributed by atoms with van der Waals surface area (Å²) in [6.45, 7) is 3.72. The Morgan fingerprint density at radius 3 is 2.82 bits per heavy atom. The molecule has 2 rings (SSSR count). The zero-order chi connectivity index (χ0) is 12.7. The van der Waals surface area contributed by atoms with Crippen LogP contribution in [-0.4, -0.2) is 46.0 Å². The standard InChI is InChI=1S/C10H17N3O3S/c1-10(2,14)8-4-3-5-13(8)17(15,16)9-6-11-7-12-9/h6-8,14H,3-5H2,1-2H3,(H,11,12). The number of H-pyrrole nitrogens is 1. The molecule has 0 aromatic carbocycles. The molecule has 0 amide bonds. The summed E-state index contributed by atoms with van der Waals surface area (Å²) in [5.41, 5.74) is -1.04. The molecule has 1 saturated heterocycles. The van der Waals surface area contributed by atoms with E-state index in [1.54, 1.807) is 13.8 Å². The predicted octanol–water partition coefficient (Wildman–Crippen LogP) is 0.334. The first-order valence-corrected chi connectivity index (χ1v) is 7.00. The summed E-state index contributed by atoms with van der Waals surface area (Å²) in [5.74, 6) is 0. The third-order valence-electron chi connectivity index (χ3n) is 3.08. The molecule has 1 aliphatic rings. The molecule has 96 valence electrons. The SMILES string of the molecule is CC(C)(O)C1CCCN1S(=O)(=O)c1cnc[nH]1. The second-order valence-electron chi connectivity index (χ2n) is 4.84. The highest BCUT2D eigenvalue weighted by Gasteiger charge is 2.43. The van der Waals surface area contributed by atoms with Gasteiger partial charge in [0, 0.05) is 6.54 Å². The fraction of sp³-hybridized carbons (Fsp3) is 0.700. The number of aliphatic hydroxyl groups is 1. The Kier molecular flexibility index (Phi) is 3.01. The van der Waals surface area contributed by atoms with Gasteiger partial charge in [-0.2, -0.15) is 4.31 Å². The maximum absolute atomic E-state index is 12.3. The van der Waals surface area contributed by atoms with Crippen LogP contribution in [0.3, 0.4) is 0 Å². The van der Waals surface area contributed by atoms with Gasteiger partial charge in [-0.25, -0.2) is 13.4 Å². The summed E-state index contributed by atoms with van der Waals surface area (Å²) in [6, 6.07) is -0.379. The van der Waals surface area contributed by atoms with Crippen molar-refractivity contribution in [2.75, 3.05) is 6.54 Å². The number of rotatable bonds is 3. The Balaban J connectivity index is 2.34. The Hall–Kier alpha value is -0.920. The first kappa shape index (κ1) is 12.5. The van der Waals surface area contributed by atoms with Gasteiger partial charge in [0.15, 0.2) is 5.03 Å². The van der Waals surface area contributed by atoms with Crippen molar-refractivity contribution in [1.29, 1.82) is 0 Å². The van der Waals surface area contributed by atoms with Gasteiger partial charge < -0.3 is 10.1 Å². The second-order valence-corrected chi connectivity index (χ2v) is 6.70. The van der Waals surface area contributed by atoms with Crippen LogP contribution in [0, 0.1) is 0 Å². The number of imidazole rings is 1. The van der Waals surface area contributed by atoms with Crippen molar-refractivity contribution >= 4 is 10.0 Å². The molecular weight excluding hydrogens is 242 g/mol. The molecule has 1 aromatic rings. The Labute approximate surface area is 101 Å². The number of sulfonamides is 1. The van der Waals surface area contributed by atoms with Gasteiger partial charge in [0.25, 0.3) is 10.0 Å². The van der Waals surface area contributed by atoms with Gasteiger partial charge in [0.1, 0.15) is 0 Å². The molecule has 0 spiro atoms. The van der Waals surface area contributed by atoms with E-state index >= 15 is 0 Å². The van der Waals surface area contributed by atoms with E-state index in [2.05, 4.69) is 9.97 Å². The van der Waals surface area contributed by atoms with Crippen LogP contribution in [0.5, 0.6) is 0 Å². The van der Waals surface area contributed by atoms with Crippen LogP contribution < -0.4 is 0 Å². The molecule has 1 unspecified atom stereocenters. The third kappa shape index (κ3) is 2.22. The zero-order valence-electron chi connectivity index (χ0n) is 9.92. The number of aromatic amines is 1. The van der Waals surface area contributed by atoms with Crippen LogP contribution in [0.2, 0.25) is 0 Å². The van der Waals surface area contributed by atoms with Gasteiger partial charge in [-0.3, -0.25) is 0 Å². The van der Waals surface area contributed by atoms with E-state index in [0.717, 1.165) is 6.42 Å². The van der Waals surface area contributed by atoms with Gasteiger partial charge in [-0.05, 0) is 26.7 Å². The minimum atomic E-state index is -3.57. The maximum atomic E-state index is 12.3. The molecule has 1 fully saturated rings. The van der Waals surface area contributed by atoms with Crippen molar-refractivity contribution in [1.82, 2.24) is 14.3 Å². The van der Waals surface area contributed by atoms with E-state index in [-0.39, 0.29) is 11.1 Å². The van der Waals surface area contributed by atoms with Gasteiger partial charge >= 0.3 is 0 Å². The van der Waals surface area contributed by atoms with E-state index < -0.39 is 15.6 Å². The number of nitrogens with zero attached hydrogens (tertiary/aromatic N) is 2. The molecule has 0 saturated carbocycles. The van der Waals surface area contributed by atoms with Crippen molar-refractivity contribution in [3.8, 4) is 0 Å². The van der Waals surface area contributed by atoms with E-state index in [1.165, 1.54) is 16.8 Å². The third-order valence-corrected chi connectivity index (χ3v) is 4.91. The van der Waals surface area contributed by atoms with Gasteiger partial charge in [0.2, 0.25) is 0 Å². The van der Waals surface area contributed by atoms with Crippen LogP contribution in [0.15, 0.2) is 17.6 Å². The first-order chi connectivity index (χ1) is 7.83. The average molecular weight is 259 g/mol. The summed E-state index contributed by atoms with van der Waals surface area (Å²) < 4.78 is 26.0. The molecule has 7 heteroatoms. The van der Waals surface area contributed by atoms with Gasteiger partial charge in [0.05, 0.1) is 24.2 Å². The molecule has 0 bridgehead atoms. The summed E-state index contributed by atoms with van der Waals surface area (Å²) in [5, 5.41) is 10.1. The lowest BCUT2D eigenvalue weighted by molar-refractivity contribution is 0.0214. The topological polar surface area (TPSA) is 86.3 Å². The number of hydrogen-bond donors (Lipinski definition) is 2. The van der Waals surface area contributed by atoms with E-state index in [0.29, 0.717) is 13.0 Å². The van der Waals surface area contributed by atoms with Crippen molar-refractivity contribution < 1.29 is 13.5 Å². The molecule has 2 N–H and O–H groups in total. The largest absolute Gasteiger partial charge is 0.389 e. The first-order valence-electron chi connectivity index (χ1n) is 5.56. The predicted molar refractivity (Wildman–Crippen MR) is 61.8 cm³/mol. The lowest BCUT2D eigenvalue weighted by Crippen LogP contribution is -2.48. The van der Waals surface area contributed by atoms with Crippen molar-refractivity contribution in [2.45, 2.75) is 43.4 Å². The zero-order valence-corrected chi connectivity index (χ0v) is 10.7. The molecule has 0 aliphatic carbocycles. The molecule has 6 nitrogen and oxygen atoms in total. The summed E-state index contributed by atoms with van der Waals surface area (Å²) in [7, 11) is -3.57. The molecule has 0 radical (unpaired) electrons. The lowest BCUT2D eigenvalue weighted by atomic mass is 9.98. The molecule has 1 aromatic heterocycles. The average Bonchev–Trinajstić information content (AvgIpc) is 2.89. The van der Waals surface area contributed by atoms with Gasteiger partial charge in [-0.15, -0.1) is 0 Å². The molecule has 17 heavy (non-hydrogen) atoms. The smallest absolute Gasteiger partial charge is 0.260 e. The monoisotopic (exact) mass is 259 g/mol. The number of nitrogens with one attached hydrogen (secondary N) is 1. The van der Waals surface area contributed by atoms with E-state index in [1.807, 2.05) is 0 Å². The number of aromatic nitrogens is 2. The fourth-order valence-electron chi connectivity index (χ4n) is 2.24. The minimum absolute atomic E-state index is 0.0775. The van der Waals surface area contributed by atoms with Crippen molar-refractivity contribution in [3.05, 3.63) is 12.5 Å². The normalized spacial score (nSPS) is 23.1. The summed E-state index contributed by atoms with van der Waals surface area (Å²) in [4.78, 5) is 6.33. The molecular formula is C10H17N3O3S. The van der Waals surface area contributed by atoms with Crippen LogP contribution >= 0.6 is 0 Å². The minimum Gasteiger partial charge on any atom is -0.389 e. The summed E-state index contributed by atoms with van der Waals surface area (Å²) in [6.07, 6.45) is 4.07. The van der Waals surface area contributed by atoms with Crippen LogP contribution in [0.4, 0.5) is 0 Å². The number of hydrogen-bond acceptors (Lipinski definition) is 4. The van der Waals surface area contributed by atoms with Crippen LogP contribution in [0.1, 0.15) is 26.7 Å². The highest BCUT2D eigenvalue weighted by atomic mass is 32.2. The molecule has 1 atom stereocenters. The van der Waals surface area contributed by atoms with Gasteiger partial charge in [-0.1, -0.05) is 0 Å². The van der Waals surface area contributed by atoms with Crippen LogP contribution in [0.25, 0.3) is 0 Å². The second kappa shape index (κ2) is 4.08. The van der Waals surface area contributed by atoms with E-state index in [9.17, 15) is 13.5 Å². The highest BCUT2D eigenvalue weighted by molar-refractivity contribution is 7.89.